The zero-order valence-electron chi connectivity index (χ0n) is 12.0. The lowest BCUT2D eigenvalue weighted by molar-refractivity contribution is 0.0422. The average molecular weight is 254 g/mol. The fourth-order valence-electron chi connectivity index (χ4n) is 3.27. The first-order valence-electron chi connectivity index (χ1n) is 7.81. The molecule has 1 atom stereocenters. The van der Waals surface area contributed by atoms with E-state index < -0.39 is 0 Å². The zero-order chi connectivity index (χ0) is 12.6. The molecule has 18 heavy (non-hydrogen) atoms. The number of likely N-dealkylation sites (N-methyl/N-ethyl adjacent to an activating group) is 1. The summed E-state index contributed by atoms with van der Waals surface area (Å²) in [4.78, 5) is 2.46. The second-order valence-electron chi connectivity index (χ2n) is 6.20. The van der Waals surface area contributed by atoms with Crippen LogP contribution in [0.4, 0.5) is 0 Å². The molecule has 1 N–H and O–H groups in total. The van der Waals surface area contributed by atoms with Gasteiger partial charge in [0.25, 0.3) is 0 Å². The number of nitrogens with zero attached hydrogens (tertiary/aromatic N) is 1. The van der Waals surface area contributed by atoms with Gasteiger partial charge < -0.3 is 15.0 Å². The molecule has 106 valence electrons. The predicted octanol–water partition coefficient (Wildman–Crippen LogP) is 2.12. The lowest BCUT2D eigenvalue weighted by atomic mass is 10.0. The summed E-state index contributed by atoms with van der Waals surface area (Å²) in [6.45, 7) is 6.69. The molecule has 0 radical (unpaired) electrons. The molecule has 2 rings (SSSR count). The smallest absolute Gasteiger partial charge is 0.0506 e. The van der Waals surface area contributed by atoms with E-state index in [0.29, 0.717) is 0 Å². The van der Waals surface area contributed by atoms with Crippen LogP contribution >= 0.6 is 0 Å². The van der Waals surface area contributed by atoms with Gasteiger partial charge in [0.2, 0.25) is 0 Å². The third-order valence-electron chi connectivity index (χ3n) is 4.40. The van der Waals surface area contributed by atoms with Crippen molar-refractivity contribution < 1.29 is 4.74 Å². The highest BCUT2D eigenvalue weighted by molar-refractivity contribution is 4.71. The van der Waals surface area contributed by atoms with Crippen molar-refractivity contribution in [3.8, 4) is 0 Å². The van der Waals surface area contributed by atoms with Crippen LogP contribution in [0.3, 0.4) is 0 Å². The van der Waals surface area contributed by atoms with Crippen LogP contribution in [0.1, 0.15) is 38.5 Å². The Morgan fingerprint density at radius 2 is 1.89 bits per heavy atom. The van der Waals surface area contributed by atoms with Crippen molar-refractivity contribution in [3.63, 3.8) is 0 Å². The minimum absolute atomic E-state index is 0.763. The van der Waals surface area contributed by atoms with Crippen molar-refractivity contribution in [2.75, 3.05) is 46.4 Å². The lowest BCUT2D eigenvalue weighted by Gasteiger charge is -2.27. The molecule has 1 saturated carbocycles. The van der Waals surface area contributed by atoms with E-state index in [0.717, 1.165) is 31.6 Å². The SMILES string of the molecule is CN(CCNCC1CCCC1)CC1CCCOC1. The highest BCUT2D eigenvalue weighted by Gasteiger charge is 2.16. The first kappa shape index (κ1) is 14.3. The Morgan fingerprint density at radius 1 is 1.11 bits per heavy atom. The van der Waals surface area contributed by atoms with Gasteiger partial charge in [0.1, 0.15) is 0 Å². The molecule has 0 aromatic rings. The second-order valence-corrected chi connectivity index (χ2v) is 6.20. The Hall–Kier alpha value is -0.120. The molecule has 3 nitrogen and oxygen atoms in total. The van der Waals surface area contributed by atoms with Gasteiger partial charge >= 0.3 is 0 Å². The van der Waals surface area contributed by atoms with Crippen LogP contribution < -0.4 is 5.32 Å². The number of nitrogens with one attached hydrogen (secondary N) is 1. The zero-order valence-corrected chi connectivity index (χ0v) is 12.0. The van der Waals surface area contributed by atoms with Crippen molar-refractivity contribution in [2.24, 2.45) is 11.8 Å². The summed E-state index contributed by atoms with van der Waals surface area (Å²) in [6, 6.07) is 0. The van der Waals surface area contributed by atoms with Gasteiger partial charge in [-0.15, -0.1) is 0 Å². The largest absolute Gasteiger partial charge is 0.381 e. The average Bonchev–Trinajstić information content (AvgIpc) is 2.89. The third-order valence-corrected chi connectivity index (χ3v) is 4.40. The van der Waals surface area contributed by atoms with Crippen LogP contribution in [0, 0.1) is 11.8 Å². The van der Waals surface area contributed by atoms with E-state index in [1.807, 2.05) is 0 Å². The highest BCUT2D eigenvalue weighted by Crippen LogP contribution is 2.23. The topological polar surface area (TPSA) is 24.5 Å². The summed E-state index contributed by atoms with van der Waals surface area (Å²) < 4.78 is 5.53. The van der Waals surface area contributed by atoms with E-state index in [4.69, 9.17) is 4.74 Å². The maximum Gasteiger partial charge on any atom is 0.0506 e. The summed E-state index contributed by atoms with van der Waals surface area (Å²) in [6.07, 6.45) is 8.39. The number of hydrogen-bond acceptors (Lipinski definition) is 3. The molecule has 1 aliphatic heterocycles. The Bertz CT molecular complexity index is 211. The molecular weight excluding hydrogens is 224 g/mol. The first-order chi connectivity index (χ1) is 8.84. The normalized spacial score (nSPS) is 26.0. The summed E-state index contributed by atoms with van der Waals surface area (Å²) in [5, 5.41) is 3.62. The van der Waals surface area contributed by atoms with Gasteiger partial charge in [-0.2, -0.15) is 0 Å². The molecule has 1 aliphatic carbocycles. The van der Waals surface area contributed by atoms with Crippen molar-refractivity contribution in [2.45, 2.75) is 38.5 Å². The Balaban J connectivity index is 1.47. The van der Waals surface area contributed by atoms with E-state index >= 15 is 0 Å². The molecule has 2 fully saturated rings. The van der Waals surface area contributed by atoms with Gasteiger partial charge in [0.05, 0.1) is 6.61 Å². The van der Waals surface area contributed by atoms with Gasteiger partial charge in [-0.1, -0.05) is 12.8 Å². The minimum atomic E-state index is 0.763. The quantitative estimate of drug-likeness (QED) is 0.704. The van der Waals surface area contributed by atoms with Gasteiger partial charge in [-0.3, -0.25) is 0 Å². The van der Waals surface area contributed by atoms with Gasteiger partial charge in [0.15, 0.2) is 0 Å². The van der Waals surface area contributed by atoms with Crippen molar-refractivity contribution >= 4 is 0 Å². The van der Waals surface area contributed by atoms with Crippen LogP contribution in [0.5, 0.6) is 0 Å². The van der Waals surface area contributed by atoms with E-state index in [-0.39, 0.29) is 0 Å². The molecule has 0 bridgehead atoms. The lowest BCUT2D eigenvalue weighted by Crippen LogP contribution is -2.36. The molecule has 2 aliphatic rings. The Labute approximate surface area is 112 Å². The predicted molar refractivity (Wildman–Crippen MR) is 75.9 cm³/mol. The fourth-order valence-corrected chi connectivity index (χ4v) is 3.27. The first-order valence-corrected chi connectivity index (χ1v) is 7.81. The summed E-state index contributed by atoms with van der Waals surface area (Å²) in [5.41, 5.74) is 0. The molecule has 3 heteroatoms. The summed E-state index contributed by atoms with van der Waals surface area (Å²) in [7, 11) is 2.24. The van der Waals surface area contributed by atoms with Crippen LogP contribution in [0.15, 0.2) is 0 Å². The third kappa shape index (κ3) is 5.25. The standard InChI is InChI=1S/C15H30N2O/c1-17(12-15-7-4-10-18-13-15)9-8-16-11-14-5-2-3-6-14/h14-16H,2-13H2,1H3. The number of hydrogen-bond donors (Lipinski definition) is 1. The van der Waals surface area contributed by atoms with Crippen molar-refractivity contribution in [1.29, 1.82) is 0 Å². The molecular formula is C15H30N2O. The Morgan fingerprint density at radius 3 is 2.61 bits per heavy atom. The van der Waals surface area contributed by atoms with Gasteiger partial charge in [0, 0.05) is 26.2 Å². The molecule has 0 amide bonds. The van der Waals surface area contributed by atoms with Crippen molar-refractivity contribution in [3.05, 3.63) is 0 Å². The molecule has 0 aromatic carbocycles. The number of ether oxygens (including phenoxy) is 1. The van der Waals surface area contributed by atoms with Gasteiger partial charge in [-0.25, -0.2) is 0 Å². The van der Waals surface area contributed by atoms with Crippen LogP contribution in [-0.2, 0) is 4.74 Å². The van der Waals surface area contributed by atoms with Crippen LogP contribution in [-0.4, -0.2) is 51.3 Å². The van der Waals surface area contributed by atoms with E-state index in [2.05, 4.69) is 17.3 Å². The fraction of sp³-hybridized carbons (Fsp3) is 1.00. The van der Waals surface area contributed by atoms with E-state index in [1.54, 1.807) is 0 Å². The second kappa shape index (κ2) is 8.13. The van der Waals surface area contributed by atoms with Crippen molar-refractivity contribution in [1.82, 2.24) is 10.2 Å². The summed E-state index contributed by atoms with van der Waals surface area (Å²) in [5.74, 6) is 1.72. The maximum atomic E-state index is 5.53. The van der Waals surface area contributed by atoms with E-state index in [1.165, 1.54) is 58.2 Å². The molecule has 1 unspecified atom stereocenters. The maximum absolute atomic E-state index is 5.53. The minimum Gasteiger partial charge on any atom is -0.381 e. The Kier molecular flexibility index (Phi) is 6.46. The molecule has 0 spiro atoms. The number of rotatable bonds is 7. The van der Waals surface area contributed by atoms with Crippen LogP contribution in [0.25, 0.3) is 0 Å². The summed E-state index contributed by atoms with van der Waals surface area (Å²) >= 11 is 0. The van der Waals surface area contributed by atoms with Gasteiger partial charge in [-0.05, 0) is 51.1 Å². The molecule has 1 saturated heterocycles. The van der Waals surface area contributed by atoms with Crippen LogP contribution in [0.2, 0.25) is 0 Å². The monoisotopic (exact) mass is 254 g/mol. The van der Waals surface area contributed by atoms with E-state index in [9.17, 15) is 0 Å². The highest BCUT2D eigenvalue weighted by atomic mass is 16.5. The molecule has 0 aromatic heterocycles. The molecule has 1 heterocycles.